The van der Waals surface area contributed by atoms with Gasteiger partial charge in [-0.1, -0.05) is 13.0 Å². The summed E-state index contributed by atoms with van der Waals surface area (Å²) in [6, 6.07) is 4.59. The van der Waals surface area contributed by atoms with E-state index in [1.807, 2.05) is 13.8 Å². The first-order valence-electron chi connectivity index (χ1n) is 8.32. The van der Waals surface area contributed by atoms with Crippen LogP contribution in [0.2, 0.25) is 0 Å². The topological polar surface area (TPSA) is 103 Å². The van der Waals surface area contributed by atoms with Crippen LogP contribution in [0.15, 0.2) is 24.3 Å². The van der Waals surface area contributed by atoms with E-state index in [0.29, 0.717) is 24.7 Å². The highest BCUT2D eigenvalue weighted by Crippen LogP contribution is 2.31. The van der Waals surface area contributed by atoms with Crippen molar-refractivity contribution in [2.24, 2.45) is 0 Å². The van der Waals surface area contributed by atoms with Crippen molar-refractivity contribution in [2.45, 2.75) is 26.3 Å². The van der Waals surface area contributed by atoms with E-state index < -0.39 is 24.5 Å². The Morgan fingerprint density at radius 2 is 1.96 bits per heavy atom. The molecule has 0 aliphatic carbocycles. The van der Waals surface area contributed by atoms with Crippen LogP contribution in [0.3, 0.4) is 0 Å². The number of urea groups is 1. The third kappa shape index (κ3) is 6.12. The number of hydrogen-bond donors (Lipinski definition) is 2. The molecule has 0 saturated carbocycles. The molecule has 0 fully saturated rings. The molecule has 26 heavy (non-hydrogen) atoms. The molecule has 0 saturated heterocycles. The van der Waals surface area contributed by atoms with Gasteiger partial charge in [-0.25, -0.2) is 9.59 Å². The van der Waals surface area contributed by atoms with E-state index in [4.69, 9.17) is 14.2 Å². The van der Waals surface area contributed by atoms with Crippen LogP contribution in [0.5, 0.6) is 11.5 Å². The highest BCUT2D eigenvalue weighted by molar-refractivity contribution is 5.96. The summed E-state index contributed by atoms with van der Waals surface area (Å²) < 4.78 is 15.7. The van der Waals surface area contributed by atoms with Gasteiger partial charge in [0.1, 0.15) is 13.2 Å². The van der Waals surface area contributed by atoms with Gasteiger partial charge >= 0.3 is 12.0 Å². The number of hydrogen-bond acceptors (Lipinski definition) is 6. The van der Waals surface area contributed by atoms with Gasteiger partial charge < -0.3 is 19.5 Å². The Balaban J connectivity index is 1.77. The SMILES string of the molecule is CC[C@@H](C)NC(=O)NC(=O)COC(=O)/C=C/c1ccc2c(c1)OCCO2. The standard InChI is InChI=1S/C18H22N2O6/c1-3-12(2)19-18(23)20-16(21)11-26-17(22)7-5-13-4-6-14-15(10-13)25-9-8-24-14/h4-7,10,12H,3,8-9,11H2,1-2H3,(H2,19,20,21,23)/b7-5+/t12-/m1/s1. The quantitative estimate of drug-likeness (QED) is 0.589. The lowest BCUT2D eigenvalue weighted by molar-refractivity contribution is -0.143. The number of fused-ring (bicyclic) bond motifs is 1. The number of nitrogens with one attached hydrogen (secondary N) is 2. The van der Waals surface area contributed by atoms with Crippen LogP contribution >= 0.6 is 0 Å². The van der Waals surface area contributed by atoms with Crippen molar-refractivity contribution in [2.75, 3.05) is 19.8 Å². The van der Waals surface area contributed by atoms with E-state index in [1.165, 1.54) is 12.2 Å². The molecule has 0 bridgehead atoms. The van der Waals surface area contributed by atoms with E-state index in [0.717, 1.165) is 12.0 Å². The summed E-state index contributed by atoms with van der Waals surface area (Å²) in [5, 5.41) is 4.66. The van der Waals surface area contributed by atoms with Crippen molar-refractivity contribution in [1.29, 1.82) is 0 Å². The molecule has 1 aliphatic rings. The van der Waals surface area contributed by atoms with Crippen LogP contribution < -0.4 is 20.1 Å². The summed E-state index contributed by atoms with van der Waals surface area (Å²) in [6.07, 6.45) is 3.47. The molecule has 1 aliphatic heterocycles. The molecule has 1 aromatic carbocycles. The summed E-state index contributed by atoms with van der Waals surface area (Å²) in [5.74, 6) is -0.133. The van der Waals surface area contributed by atoms with Gasteiger partial charge in [-0.2, -0.15) is 0 Å². The van der Waals surface area contributed by atoms with Crippen molar-refractivity contribution < 1.29 is 28.6 Å². The highest BCUT2D eigenvalue weighted by Gasteiger charge is 2.12. The molecule has 2 rings (SSSR count). The van der Waals surface area contributed by atoms with E-state index in [9.17, 15) is 14.4 Å². The number of benzene rings is 1. The first-order valence-corrected chi connectivity index (χ1v) is 8.32. The average molecular weight is 362 g/mol. The number of rotatable bonds is 6. The molecule has 8 heteroatoms. The van der Waals surface area contributed by atoms with Crippen molar-refractivity contribution in [3.8, 4) is 11.5 Å². The number of carbonyl (C=O) groups excluding carboxylic acids is 3. The number of ether oxygens (including phenoxy) is 3. The van der Waals surface area contributed by atoms with Crippen LogP contribution in [0.25, 0.3) is 6.08 Å². The van der Waals surface area contributed by atoms with Crippen LogP contribution in [0.4, 0.5) is 4.79 Å². The smallest absolute Gasteiger partial charge is 0.331 e. The van der Waals surface area contributed by atoms with Gasteiger partial charge in [0.2, 0.25) is 0 Å². The van der Waals surface area contributed by atoms with Gasteiger partial charge in [-0.05, 0) is 37.1 Å². The van der Waals surface area contributed by atoms with Gasteiger partial charge in [-0.15, -0.1) is 0 Å². The lowest BCUT2D eigenvalue weighted by Gasteiger charge is -2.18. The highest BCUT2D eigenvalue weighted by atomic mass is 16.6. The monoisotopic (exact) mass is 362 g/mol. The Morgan fingerprint density at radius 3 is 2.69 bits per heavy atom. The van der Waals surface area contributed by atoms with Gasteiger partial charge in [0.05, 0.1) is 0 Å². The first-order chi connectivity index (χ1) is 12.5. The largest absolute Gasteiger partial charge is 0.486 e. The predicted octanol–water partition coefficient (Wildman–Crippen LogP) is 1.64. The van der Waals surface area contributed by atoms with E-state index >= 15 is 0 Å². The molecule has 3 amide bonds. The van der Waals surface area contributed by atoms with Crippen molar-refractivity contribution >= 4 is 24.0 Å². The summed E-state index contributed by atoms with van der Waals surface area (Å²) in [7, 11) is 0. The van der Waals surface area contributed by atoms with Gasteiger partial charge in [-0.3, -0.25) is 10.1 Å². The number of esters is 1. The van der Waals surface area contributed by atoms with Crippen LogP contribution in [-0.4, -0.2) is 43.8 Å². The Kier molecular flexibility index (Phi) is 7.02. The third-order valence-corrected chi connectivity index (χ3v) is 3.57. The minimum atomic E-state index is -0.702. The number of amides is 3. The Bertz CT molecular complexity index is 701. The van der Waals surface area contributed by atoms with Crippen molar-refractivity contribution in [3.05, 3.63) is 29.8 Å². The molecular formula is C18H22N2O6. The fourth-order valence-electron chi connectivity index (χ4n) is 2.04. The molecule has 1 aromatic rings. The lowest BCUT2D eigenvalue weighted by Crippen LogP contribution is -2.44. The molecule has 2 N–H and O–H groups in total. The lowest BCUT2D eigenvalue weighted by atomic mass is 10.2. The van der Waals surface area contributed by atoms with Gasteiger partial charge in [0.25, 0.3) is 5.91 Å². The molecule has 1 atom stereocenters. The molecule has 1 heterocycles. The second-order valence-electron chi connectivity index (χ2n) is 5.68. The zero-order valence-corrected chi connectivity index (χ0v) is 14.7. The van der Waals surface area contributed by atoms with E-state index in [-0.39, 0.29) is 6.04 Å². The molecular weight excluding hydrogens is 340 g/mol. The fraction of sp³-hybridized carbons (Fsp3) is 0.389. The predicted molar refractivity (Wildman–Crippen MR) is 93.9 cm³/mol. The van der Waals surface area contributed by atoms with E-state index in [2.05, 4.69) is 10.6 Å². The maximum absolute atomic E-state index is 11.7. The minimum Gasteiger partial charge on any atom is -0.486 e. The summed E-state index contributed by atoms with van der Waals surface area (Å²) >= 11 is 0. The second-order valence-corrected chi connectivity index (χ2v) is 5.68. The summed E-state index contributed by atoms with van der Waals surface area (Å²) in [4.78, 5) is 34.7. The van der Waals surface area contributed by atoms with Crippen LogP contribution in [0.1, 0.15) is 25.8 Å². The third-order valence-electron chi connectivity index (χ3n) is 3.57. The minimum absolute atomic E-state index is 0.0562. The van der Waals surface area contributed by atoms with Crippen molar-refractivity contribution in [1.82, 2.24) is 10.6 Å². The molecule has 0 spiro atoms. The Labute approximate surface area is 151 Å². The number of carbonyl (C=O) groups is 3. The number of imide groups is 1. The van der Waals surface area contributed by atoms with Crippen LogP contribution in [-0.2, 0) is 14.3 Å². The van der Waals surface area contributed by atoms with Crippen molar-refractivity contribution in [3.63, 3.8) is 0 Å². The second kappa shape index (κ2) is 9.45. The molecule has 0 aromatic heterocycles. The van der Waals surface area contributed by atoms with Gasteiger partial charge in [0, 0.05) is 12.1 Å². The molecule has 0 radical (unpaired) electrons. The fourth-order valence-corrected chi connectivity index (χ4v) is 2.04. The van der Waals surface area contributed by atoms with Crippen LogP contribution in [0, 0.1) is 0 Å². The molecule has 140 valence electrons. The molecule has 0 unspecified atom stereocenters. The first kappa shape index (κ1) is 19.3. The normalized spacial score (nSPS) is 13.8. The molecule has 8 nitrogen and oxygen atoms in total. The zero-order chi connectivity index (χ0) is 18.9. The average Bonchev–Trinajstić information content (AvgIpc) is 2.64. The Hall–Kier alpha value is -3.03. The zero-order valence-electron chi connectivity index (χ0n) is 14.7. The summed E-state index contributed by atoms with van der Waals surface area (Å²) in [5.41, 5.74) is 0.726. The van der Waals surface area contributed by atoms with Gasteiger partial charge in [0.15, 0.2) is 18.1 Å². The maximum atomic E-state index is 11.7. The maximum Gasteiger partial charge on any atom is 0.331 e. The Morgan fingerprint density at radius 1 is 1.23 bits per heavy atom. The summed E-state index contributed by atoms with van der Waals surface area (Å²) in [6.45, 7) is 4.15. The van der Waals surface area contributed by atoms with E-state index in [1.54, 1.807) is 18.2 Å².